The van der Waals surface area contributed by atoms with Crippen molar-refractivity contribution in [1.29, 1.82) is 0 Å². The third-order valence-electron chi connectivity index (χ3n) is 5.71. The third-order valence-corrected chi connectivity index (χ3v) is 5.71. The lowest BCUT2D eigenvalue weighted by atomic mass is 10.0. The Labute approximate surface area is 177 Å². The molecule has 2 aromatic carbocycles. The van der Waals surface area contributed by atoms with Gasteiger partial charge in [0.15, 0.2) is 11.5 Å². The van der Waals surface area contributed by atoms with Crippen molar-refractivity contribution in [2.75, 3.05) is 44.9 Å². The van der Waals surface area contributed by atoms with Crippen molar-refractivity contribution in [3.8, 4) is 11.5 Å². The summed E-state index contributed by atoms with van der Waals surface area (Å²) in [5, 5.41) is 4.23. The SMILES string of the molecule is COc1cc2nc(NC3CCN(CCc4ccccc4)CC3)nc(N)c2cc1OC. The molecule has 1 aliphatic rings. The minimum Gasteiger partial charge on any atom is -0.493 e. The van der Waals surface area contributed by atoms with Crippen LogP contribution in [-0.4, -0.2) is 54.8 Å². The van der Waals surface area contributed by atoms with E-state index >= 15 is 0 Å². The van der Waals surface area contributed by atoms with Crippen LogP contribution in [-0.2, 0) is 6.42 Å². The van der Waals surface area contributed by atoms with Crippen molar-refractivity contribution >= 4 is 22.7 Å². The monoisotopic (exact) mass is 407 g/mol. The van der Waals surface area contributed by atoms with Crippen LogP contribution in [0.5, 0.6) is 11.5 Å². The van der Waals surface area contributed by atoms with Gasteiger partial charge in [-0.2, -0.15) is 4.98 Å². The van der Waals surface area contributed by atoms with Gasteiger partial charge < -0.3 is 25.4 Å². The van der Waals surface area contributed by atoms with Gasteiger partial charge in [-0.3, -0.25) is 0 Å². The van der Waals surface area contributed by atoms with Crippen LogP contribution in [0.2, 0.25) is 0 Å². The molecule has 3 aromatic rings. The number of nitrogens with one attached hydrogen (secondary N) is 1. The average Bonchev–Trinajstić information content (AvgIpc) is 2.78. The number of nitrogens with two attached hydrogens (primary N) is 1. The summed E-state index contributed by atoms with van der Waals surface area (Å²) in [6.07, 6.45) is 3.21. The van der Waals surface area contributed by atoms with Gasteiger partial charge in [-0.25, -0.2) is 4.98 Å². The van der Waals surface area contributed by atoms with Crippen LogP contribution < -0.4 is 20.5 Å². The van der Waals surface area contributed by atoms with E-state index in [-0.39, 0.29) is 0 Å². The van der Waals surface area contributed by atoms with Crippen molar-refractivity contribution in [1.82, 2.24) is 14.9 Å². The summed E-state index contributed by atoms with van der Waals surface area (Å²) in [6.45, 7) is 3.23. The van der Waals surface area contributed by atoms with E-state index in [1.165, 1.54) is 5.56 Å². The number of fused-ring (bicyclic) bond motifs is 1. The number of aromatic nitrogens is 2. The second-order valence-corrected chi connectivity index (χ2v) is 7.65. The molecule has 158 valence electrons. The normalized spacial score (nSPS) is 15.3. The Balaban J connectivity index is 1.37. The van der Waals surface area contributed by atoms with Crippen LogP contribution in [0, 0.1) is 0 Å². The Bertz CT molecular complexity index is 988. The highest BCUT2D eigenvalue weighted by molar-refractivity contribution is 5.91. The molecule has 0 amide bonds. The van der Waals surface area contributed by atoms with E-state index in [2.05, 4.69) is 50.5 Å². The predicted molar refractivity (Wildman–Crippen MR) is 120 cm³/mol. The zero-order chi connectivity index (χ0) is 20.9. The van der Waals surface area contributed by atoms with Crippen LogP contribution in [0.15, 0.2) is 42.5 Å². The lowest BCUT2D eigenvalue weighted by Gasteiger charge is -2.32. The van der Waals surface area contributed by atoms with Gasteiger partial charge in [0.1, 0.15) is 5.82 Å². The van der Waals surface area contributed by atoms with E-state index in [0.717, 1.165) is 49.8 Å². The first kappa shape index (κ1) is 20.2. The Morgan fingerprint density at radius 2 is 1.73 bits per heavy atom. The zero-order valence-electron chi connectivity index (χ0n) is 17.6. The highest BCUT2D eigenvalue weighted by Gasteiger charge is 2.20. The van der Waals surface area contributed by atoms with E-state index in [0.29, 0.717) is 29.3 Å². The van der Waals surface area contributed by atoms with Crippen LogP contribution in [0.25, 0.3) is 10.9 Å². The first-order valence-electron chi connectivity index (χ1n) is 10.4. The highest BCUT2D eigenvalue weighted by Crippen LogP contribution is 2.33. The van der Waals surface area contributed by atoms with Gasteiger partial charge in [-0.15, -0.1) is 0 Å². The molecule has 0 unspecified atom stereocenters. The van der Waals surface area contributed by atoms with E-state index in [1.807, 2.05) is 12.1 Å². The fourth-order valence-corrected chi connectivity index (χ4v) is 3.96. The number of rotatable bonds is 7. The molecule has 0 atom stereocenters. The maximum Gasteiger partial charge on any atom is 0.225 e. The standard InChI is InChI=1S/C23H29N5O2/c1-29-20-14-18-19(15-21(20)30-2)26-23(27-22(18)24)25-17-9-12-28(13-10-17)11-8-16-6-4-3-5-7-16/h3-7,14-15,17H,8-13H2,1-2H3,(H3,24,25,26,27). The molecule has 0 aliphatic carbocycles. The fourth-order valence-electron chi connectivity index (χ4n) is 3.96. The first-order valence-corrected chi connectivity index (χ1v) is 10.4. The summed E-state index contributed by atoms with van der Waals surface area (Å²) in [5.41, 5.74) is 8.33. The molecule has 3 N–H and O–H groups in total. The number of anilines is 2. The number of methoxy groups -OCH3 is 2. The molecular weight excluding hydrogens is 378 g/mol. The van der Waals surface area contributed by atoms with Crippen LogP contribution in [0.3, 0.4) is 0 Å². The van der Waals surface area contributed by atoms with Crippen LogP contribution in [0.4, 0.5) is 11.8 Å². The number of likely N-dealkylation sites (tertiary alicyclic amines) is 1. The maximum atomic E-state index is 6.20. The predicted octanol–water partition coefficient (Wildman–Crippen LogP) is 3.35. The first-order chi connectivity index (χ1) is 14.7. The summed E-state index contributed by atoms with van der Waals surface area (Å²) in [4.78, 5) is 11.7. The Hall–Kier alpha value is -3.06. The molecule has 7 heteroatoms. The van der Waals surface area contributed by atoms with Gasteiger partial charge in [0.05, 0.1) is 19.7 Å². The van der Waals surface area contributed by atoms with Crippen molar-refractivity contribution in [3.05, 3.63) is 48.0 Å². The van der Waals surface area contributed by atoms with Crippen molar-refractivity contribution < 1.29 is 9.47 Å². The molecule has 1 aromatic heterocycles. The summed E-state index contributed by atoms with van der Waals surface area (Å²) < 4.78 is 10.7. The summed E-state index contributed by atoms with van der Waals surface area (Å²) in [5.74, 6) is 2.24. The van der Waals surface area contributed by atoms with Crippen molar-refractivity contribution in [2.24, 2.45) is 0 Å². The average molecular weight is 408 g/mol. The number of piperidine rings is 1. The molecule has 1 saturated heterocycles. The molecule has 0 bridgehead atoms. The van der Waals surface area contributed by atoms with Gasteiger partial charge in [-0.1, -0.05) is 30.3 Å². The molecule has 4 rings (SSSR count). The minimum absolute atomic E-state index is 0.343. The Morgan fingerprint density at radius 1 is 1.03 bits per heavy atom. The lowest BCUT2D eigenvalue weighted by Crippen LogP contribution is -2.40. The summed E-state index contributed by atoms with van der Waals surface area (Å²) >= 11 is 0. The fraction of sp³-hybridized carbons (Fsp3) is 0.391. The Morgan fingerprint density at radius 3 is 2.43 bits per heavy atom. The number of nitrogens with zero attached hydrogens (tertiary/aromatic N) is 3. The summed E-state index contributed by atoms with van der Waals surface area (Å²) in [7, 11) is 3.21. The molecule has 0 radical (unpaired) electrons. The number of ether oxygens (including phenoxy) is 2. The molecular formula is C23H29N5O2. The molecule has 0 spiro atoms. The number of hydrogen-bond donors (Lipinski definition) is 2. The van der Waals surface area contributed by atoms with Gasteiger partial charge in [0, 0.05) is 37.1 Å². The summed E-state index contributed by atoms with van der Waals surface area (Å²) in [6, 6.07) is 14.7. The molecule has 0 saturated carbocycles. The largest absolute Gasteiger partial charge is 0.493 e. The quantitative estimate of drug-likeness (QED) is 0.621. The van der Waals surface area contributed by atoms with Gasteiger partial charge in [-0.05, 0) is 30.9 Å². The second-order valence-electron chi connectivity index (χ2n) is 7.65. The van der Waals surface area contributed by atoms with Crippen LogP contribution in [0.1, 0.15) is 18.4 Å². The number of hydrogen-bond acceptors (Lipinski definition) is 7. The van der Waals surface area contributed by atoms with Crippen LogP contribution >= 0.6 is 0 Å². The third kappa shape index (κ3) is 4.57. The second kappa shape index (κ2) is 9.17. The van der Waals surface area contributed by atoms with E-state index in [1.54, 1.807) is 14.2 Å². The minimum atomic E-state index is 0.343. The van der Waals surface area contributed by atoms with Gasteiger partial charge >= 0.3 is 0 Å². The van der Waals surface area contributed by atoms with E-state index in [4.69, 9.17) is 15.2 Å². The molecule has 1 fully saturated rings. The number of benzene rings is 2. The highest BCUT2D eigenvalue weighted by atomic mass is 16.5. The molecule has 30 heavy (non-hydrogen) atoms. The number of nitrogen functional groups attached to an aromatic ring is 1. The van der Waals surface area contributed by atoms with Crippen molar-refractivity contribution in [3.63, 3.8) is 0 Å². The lowest BCUT2D eigenvalue weighted by molar-refractivity contribution is 0.221. The van der Waals surface area contributed by atoms with Gasteiger partial charge in [0.25, 0.3) is 0 Å². The molecule has 2 heterocycles. The smallest absolute Gasteiger partial charge is 0.225 e. The van der Waals surface area contributed by atoms with Gasteiger partial charge in [0.2, 0.25) is 5.95 Å². The van der Waals surface area contributed by atoms with Crippen molar-refractivity contribution in [2.45, 2.75) is 25.3 Å². The topological polar surface area (TPSA) is 85.5 Å². The molecule has 7 nitrogen and oxygen atoms in total. The Kier molecular flexibility index (Phi) is 6.18. The van der Waals surface area contributed by atoms with E-state index in [9.17, 15) is 0 Å². The zero-order valence-corrected chi connectivity index (χ0v) is 17.6. The van der Waals surface area contributed by atoms with E-state index < -0.39 is 0 Å². The molecule has 1 aliphatic heterocycles. The maximum absolute atomic E-state index is 6.20.